The first kappa shape index (κ1) is 15.6. The second-order valence-electron chi connectivity index (χ2n) is 4.92. The lowest BCUT2D eigenvalue weighted by atomic mass is 9.82. The molecule has 0 saturated carbocycles. The third-order valence-electron chi connectivity index (χ3n) is 3.33. The van der Waals surface area contributed by atoms with Gasteiger partial charge in [0, 0.05) is 5.02 Å². The summed E-state index contributed by atoms with van der Waals surface area (Å²) in [4.78, 5) is 23.6. The predicted molar refractivity (Wildman–Crippen MR) is 81.7 cm³/mol. The van der Waals surface area contributed by atoms with Crippen LogP contribution in [-0.4, -0.2) is 22.5 Å². The minimum atomic E-state index is -1.03. The second-order valence-corrected chi connectivity index (χ2v) is 5.76. The molecule has 6 heteroatoms. The van der Waals surface area contributed by atoms with Gasteiger partial charge in [0.05, 0.1) is 16.1 Å². The molecule has 0 fully saturated rings. The van der Waals surface area contributed by atoms with Crippen LogP contribution in [0.3, 0.4) is 0 Å². The normalized spacial score (nSPS) is 23.9. The molecule has 0 aliphatic heterocycles. The Morgan fingerprint density at radius 1 is 1.29 bits per heavy atom. The highest BCUT2D eigenvalue weighted by atomic mass is 35.5. The van der Waals surface area contributed by atoms with Crippen molar-refractivity contribution in [3.05, 3.63) is 58.1 Å². The van der Waals surface area contributed by atoms with Gasteiger partial charge in [0.1, 0.15) is 5.92 Å². The smallest absolute Gasteiger partial charge is 0.313 e. The molecule has 1 aliphatic carbocycles. The van der Waals surface area contributed by atoms with E-state index in [1.54, 1.807) is 31.2 Å². The van der Waals surface area contributed by atoms with E-state index in [9.17, 15) is 14.7 Å². The standard InChI is InChI=1S/C15H13Cl2NO3/c1-15(7-3-2-4-11(15)14(20)21)18-13(19)10-6-5-9(16)8-12(10)17/h2-8,11H,1H3,(H,18,19)(H,20,21). The lowest BCUT2D eigenvalue weighted by Gasteiger charge is -2.33. The molecule has 0 spiro atoms. The third-order valence-corrected chi connectivity index (χ3v) is 3.88. The Balaban J connectivity index is 2.27. The Labute approximate surface area is 132 Å². The highest BCUT2D eigenvalue weighted by molar-refractivity contribution is 6.36. The van der Waals surface area contributed by atoms with E-state index in [1.165, 1.54) is 18.2 Å². The Bertz CT molecular complexity index is 654. The average Bonchev–Trinajstić information content (AvgIpc) is 2.37. The number of rotatable bonds is 3. The molecule has 0 bridgehead atoms. The number of allylic oxidation sites excluding steroid dienone is 2. The summed E-state index contributed by atoms with van der Waals surface area (Å²) in [6.45, 7) is 1.65. The fourth-order valence-corrected chi connectivity index (χ4v) is 2.67. The molecule has 2 rings (SSSR count). The molecular formula is C15H13Cl2NO3. The van der Waals surface area contributed by atoms with Gasteiger partial charge >= 0.3 is 5.97 Å². The zero-order valence-corrected chi connectivity index (χ0v) is 12.7. The van der Waals surface area contributed by atoms with Crippen LogP contribution in [0, 0.1) is 5.92 Å². The van der Waals surface area contributed by atoms with Gasteiger partial charge in [-0.05, 0) is 25.1 Å². The van der Waals surface area contributed by atoms with Gasteiger partial charge in [0.2, 0.25) is 0 Å². The molecule has 1 aliphatic rings. The summed E-state index contributed by atoms with van der Waals surface area (Å²) in [6.07, 6.45) is 6.52. The van der Waals surface area contributed by atoms with E-state index in [0.29, 0.717) is 5.02 Å². The first-order chi connectivity index (χ1) is 9.83. The van der Waals surface area contributed by atoms with Crippen molar-refractivity contribution in [2.75, 3.05) is 0 Å². The van der Waals surface area contributed by atoms with E-state index >= 15 is 0 Å². The summed E-state index contributed by atoms with van der Waals surface area (Å²) >= 11 is 11.8. The molecule has 2 unspecified atom stereocenters. The summed E-state index contributed by atoms with van der Waals surface area (Å²) in [5, 5.41) is 12.6. The van der Waals surface area contributed by atoms with Crippen molar-refractivity contribution in [2.45, 2.75) is 12.5 Å². The third kappa shape index (κ3) is 3.28. The van der Waals surface area contributed by atoms with Crippen LogP contribution in [0.25, 0.3) is 0 Å². The summed E-state index contributed by atoms with van der Waals surface area (Å²) < 4.78 is 0. The molecule has 2 N–H and O–H groups in total. The van der Waals surface area contributed by atoms with Gasteiger partial charge < -0.3 is 10.4 Å². The van der Waals surface area contributed by atoms with Gasteiger partial charge in [-0.1, -0.05) is 47.5 Å². The average molecular weight is 326 g/mol. The minimum absolute atomic E-state index is 0.214. The Morgan fingerprint density at radius 2 is 2.00 bits per heavy atom. The van der Waals surface area contributed by atoms with Gasteiger partial charge in [0.25, 0.3) is 5.91 Å². The maximum atomic E-state index is 12.3. The zero-order valence-electron chi connectivity index (χ0n) is 11.1. The van der Waals surface area contributed by atoms with Gasteiger partial charge in [0.15, 0.2) is 0 Å². The van der Waals surface area contributed by atoms with Gasteiger partial charge in [-0.2, -0.15) is 0 Å². The zero-order chi connectivity index (χ0) is 15.6. The maximum Gasteiger partial charge on any atom is 0.313 e. The van der Waals surface area contributed by atoms with E-state index < -0.39 is 23.3 Å². The Hall–Kier alpha value is -1.78. The van der Waals surface area contributed by atoms with E-state index in [1.807, 2.05) is 0 Å². The van der Waals surface area contributed by atoms with Crippen LogP contribution in [-0.2, 0) is 4.79 Å². The van der Waals surface area contributed by atoms with Crippen molar-refractivity contribution in [3.63, 3.8) is 0 Å². The SMILES string of the molecule is CC1(NC(=O)c2ccc(Cl)cc2Cl)C=CC=CC1C(=O)O. The van der Waals surface area contributed by atoms with Crippen molar-refractivity contribution in [2.24, 2.45) is 5.92 Å². The summed E-state index contributed by atoms with van der Waals surface area (Å²) in [5.74, 6) is -2.32. The van der Waals surface area contributed by atoms with Crippen LogP contribution in [0.15, 0.2) is 42.5 Å². The number of hydrogen-bond acceptors (Lipinski definition) is 2. The predicted octanol–water partition coefficient (Wildman–Crippen LogP) is 3.31. The molecule has 110 valence electrons. The van der Waals surface area contributed by atoms with E-state index in [-0.39, 0.29) is 10.6 Å². The number of halogens is 2. The lowest BCUT2D eigenvalue weighted by Crippen LogP contribution is -2.52. The largest absolute Gasteiger partial charge is 0.481 e. The number of nitrogens with one attached hydrogen (secondary N) is 1. The quantitative estimate of drug-likeness (QED) is 0.895. The minimum Gasteiger partial charge on any atom is -0.481 e. The maximum absolute atomic E-state index is 12.3. The molecule has 0 heterocycles. The molecule has 0 saturated heterocycles. The molecule has 2 atom stereocenters. The van der Waals surface area contributed by atoms with Crippen LogP contribution in [0.5, 0.6) is 0 Å². The monoisotopic (exact) mass is 325 g/mol. The number of carboxylic acids is 1. The first-order valence-corrected chi connectivity index (χ1v) is 6.95. The first-order valence-electron chi connectivity index (χ1n) is 6.20. The van der Waals surface area contributed by atoms with Crippen LogP contribution < -0.4 is 5.32 Å². The number of hydrogen-bond donors (Lipinski definition) is 2. The topological polar surface area (TPSA) is 66.4 Å². The van der Waals surface area contributed by atoms with E-state index in [4.69, 9.17) is 23.2 Å². The molecule has 4 nitrogen and oxygen atoms in total. The van der Waals surface area contributed by atoms with Crippen LogP contribution in [0.4, 0.5) is 0 Å². The highest BCUT2D eigenvalue weighted by Gasteiger charge is 2.38. The number of carbonyl (C=O) groups excluding carboxylic acids is 1. The summed E-state index contributed by atoms with van der Waals surface area (Å²) in [5.41, 5.74) is -0.782. The van der Waals surface area contributed by atoms with Crippen LogP contribution >= 0.6 is 23.2 Å². The molecule has 0 radical (unpaired) electrons. The molecule has 1 aromatic carbocycles. The number of benzene rings is 1. The Kier molecular flexibility index (Phi) is 4.40. The van der Waals surface area contributed by atoms with Crippen LogP contribution in [0.2, 0.25) is 10.0 Å². The second kappa shape index (κ2) is 5.92. The molecule has 21 heavy (non-hydrogen) atoms. The Morgan fingerprint density at radius 3 is 2.62 bits per heavy atom. The van der Waals surface area contributed by atoms with E-state index in [2.05, 4.69) is 5.32 Å². The summed E-state index contributed by atoms with van der Waals surface area (Å²) in [7, 11) is 0. The lowest BCUT2D eigenvalue weighted by molar-refractivity contribution is -0.141. The van der Waals surface area contributed by atoms with Gasteiger partial charge in [-0.3, -0.25) is 9.59 Å². The van der Waals surface area contributed by atoms with Crippen molar-refractivity contribution in [1.29, 1.82) is 0 Å². The van der Waals surface area contributed by atoms with Crippen molar-refractivity contribution in [3.8, 4) is 0 Å². The molecule has 0 aromatic heterocycles. The molecule has 1 amide bonds. The van der Waals surface area contributed by atoms with E-state index in [0.717, 1.165) is 0 Å². The van der Waals surface area contributed by atoms with Crippen LogP contribution in [0.1, 0.15) is 17.3 Å². The number of carboxylic acid groups (broad SMARTS) is 1. The molecular weight excluding hydrogens is 313 g/mol. The van der Waals surface area contributed by atoms with Gasteiger partial charge in [-0.25, -0.2) is 0 Å². The highest BCUT2D eigenvalue weighted by Crippen LogP contribution is 2.27. The number of aliphatic carboxylic acids is 1. The van der Waals surface area contributed by atoms with Crippen molar-refractivity contribution < 1.29 is 14.7 Å². The number of carbonyl (C=O) groups is 2. The molecule has 1 aromatic rings. The fourth-order valence-electron chi connectivity index (χ4n) is 2.18. The fraction of sp³-hybridized carbons (Fsp3) is 0.200. The van der Waals surface area contributed by atoms with Crippen molar-refractivity contribution in [1.82, 2.24) is 5.32 Å². The van der Waals surface area contributed by atoms with Gasteiger partial charge in [-0.15, -0.1) is 0 Å². The summed E-state index contributed by atoms with van der Waals surface area (Å²) in [6, 6.07) is 4.52. The van der Waals surface area contributed by atoms with Crippen molar-refractivity contribution >= 4 is 35.1 Å². The number of amides is 1.